The molecule has 0 bridgehead atoms. The fourth-order valence-corrected chi connectivity index (χ4v) is 3.73. The summed E-state index contributed by atoms with van der Waals surface area (Å²) in [5, 5.41) is 3.00. The summed E-state index contributed by atoms with van der Waals surface area (Å²) < 4.78 is 12.8. The van der Waals surface area contributed by atoms with Crippen LogP contribution in [0.2, 0.25) is 0 Å². The van der Waals surface area contributed by atoms with Crippen LogP contribution in [0.3, 0.4) is 0 Å². The molecule has 138 valence electrons. The number of carbonyl (C=O) groups is 2. The highest BCUT2D eigenvalue weighted by molar-refractivity contribution is 7.99. The lowest BCUT2D eigenvalue weighted by Crippen LogP contribution is -2.44. The van der Waals surface area contributed by atoms with E-state index in [0.717, 1.165) is 29.9 Å². The number of nitrogens with one attached hydrogen (secondary N) is 1. The molecular weight excluding hydrogens is 339 g/mol. The monoisotopic (exact) mass is 366 g/mol. The van der Waals surface area contributed by atoms with E-state index in [0.29, 0.717) is 19.6 Å². The molecule has 2 amide bonds. The third-order valence-electron chi connectivity index (χ3n) is 4.37. The Balaban J connectivity index is 1.60. The molecule has 1 aliphatic rings. The highest BCUT2D eigenvalue weighted by Crippen LogP contribution is 2.20. The maximum absolute atomic E-state index is 12.8. The minimum Gasteiger partial charge on any atom is -0.356 e. The molecule has 0 spiro atoms. The maximum Gasteiger partial charge on any atom is 0.225 e. The van der Waals surface area contributed by atoms with Gasteiger partial charge in [0, 0.05) is 36.4 Å². The van der Waals surface area contributed by atoms with Gasteiger partial charge in [-0.3, -0.25) is 9.59 Å². The van der Waals surface area contributed by atoms with Crippen LogP contribution in [0, 0.1) is 17.7 Å². The molecule has 1 fully saturated rings. The number of thioether (sulfide) groups is 1. The lowest BCUT2D eigenvalue weighted by molar-refractivity contribution is -0.138. The Bertz CT molecular complexity index is 569. The lowest BCUT2D eigenvalue weighted by atomic mass is 9.95. The number of likely N-dealkylation sites (tertiary alicyclic amines) is 1. The van der Waals surface area contributed by atoms with Crippen LogP contribution in [-0.4, -0.2) is 42.1 Å². The van der Waals surface area contributed by atoms with E-state index in [1.807, 2.05) is 18.7 Å². The standard InChI is InChI=1S/C19H27FN2O2S/c1-14(2)19(24)22-11-8-15(9-12-22)18(23)21-10-3-13-25-17-6-4-16(20)5-7-17/h4-7,14-15H,3,8-13H2,1-2H3,(H,21,23). The van der Waals surface area contributed by atoms with Gasteiger partial charge >= 0.3 is 0 Å². The van der Waals surface area contributed by atoms with Crippen LogP contribution in [0.5, 0.6) is 0 Å². The normalized spacial score (nSPS) is 15.4. The van der Waals surface area contributed by atoms with Crippen molar-refractivity contribution in [2.24, 2.45) is 11.8 Å². The van der Waals surface area contributed by atoms with Crippen molar-refractivity contribution in [3.05, 3.63) is 30.1 Å². The molecule has 1 aliphatic heterocycles. The van der Waals surface area contributed by atoms with Gasteiger partial charge in [0.15, 0.2) is 0 Å². The second-order valence-corrected chi connectivity index (χ2v) is 7.87. The van der Waals surface area contributed by atoms with Crippen LogP contribution in [0.4, 0.5) is 4.39 Å². The van der Waals surface area contributed by atoms with Crippen LogP contribution in [-0.2, 0) is 9.59 Å². The minimum absolute atomic E-state index is 0.0148. The van der Waals surface area contributed by atoms with Gasteiger partial charge in [0.2, 0.25) is 11.8 Å². The number of halogens is 1. The predicted octanol–water partition coefficient (Wildman–Crippen LogP) is 3.32. The first-order valence-electron chi connectivity index (χ1n) is 8.92. The Morgan fingerprint density at radius 1 is 1.24 bits per heavy atom. The van der Waals surface area contributed by atoms with Gasteiger partial charge in [-0.05, 0) is 49.3 Å². The summed E-state index contributed by atoms with van der Waals surface area (Å²) in [6, 6.07) is 6.45. The number of rotatable bonds is 7. The number of piperidine rings is 1. The molecule has 4 nitrogen and oxygen atoms in total. The number of benzene rings is 1. The van der Waals surface area contributed by atoms with Gasteiger partial charge in [0.1, 0.15) is 5.82 Å². The van der Waals surface area contributed by atoms with Gasteiger partial charge in [0.05, 0.1) is 0 Å². The fraction of sp³-hybridized carbons (Fsp3) is 0.579. The molecule has 1 saturated heterocycles. The van der Waals surface area contributed by atoms with Crippen LogP contribution < -0.4 is 5.32 Å². The molecule has 2 rings (SSSR count). The molecule has 1 aromatic carbocycles. The van der Waals surface area contributed by atoms with Crippen LogP contribution in [0.1, 0.15) is 33.1 Å². The maximum atomic E-state index is 12.8. The predicted molar refractivity (Wildman–Crippen MR) is 98.9 cm³/mol. The molecule has 1 aromatic rings. The van der Waals surface area contributed by atoms with Gasteiger partial charge in [-0.15, -0.1) is 11.8 Å². The van der Waals surface area contributed by atoms with Crippen molar-refractivity contribution >= 4 is 23.6 Å². The van der Waals surface area contributed by atoms with E-state index >= 15 is 0 Å². The summed E-state index contributed by atoms with van der Waals surface area (Å²) in [4.78, 5) is 27.1. The fourth-order valence-electron chi connectivity index (χ4n) is 2.88. The SMILES string of the molecule is CC(C)C(=O)N1CCC(C(=O)NCCCSc2ccc(F)cc2)CC1. The molecule has 1 N–H and O–H groups in total. The zero-order valence-corrected chi connectivity index (χ0v) is 15.8. The van der Waals surface area contributed by atoms with E-state index in [9.17, 15) is 14.0 Å². The number of hydrogen-bond donors (Lipinski definition) is 1. The van der Waals surface area contributed by atoms with Gasteiger partial charge in [-0.25, -0.2) is 4.39 Å². The molecule has 0 aromatic heterocycles. The van der Waals surface area contributed by atoms with Gasteiger partial charge in [-0.1, -0.05) is 13.8 Å². The smallest absolute Gasteiger partial charge is 0.225 e. The average molecular weight is 367 g/mol. The summed E-state index contributed by atoms with van der Waals surface area (Å²) >= 11 is 1.66. The quantitative estimate of drug-likeness (QED) is 0.595. The number of nitrogens with zero attached hydrogens (tertiary/aromatic N) is 1. The zero-order valence-electron chi connectivity index (χ0n) is 15.0. The van der Waals surface area contributed by atoms with E-state index in [-0.39, 0.29) is 29.5 Å². The summed E-state index contributed by atoms with van der Waals surface area (Å²) in [6.07, 6.45) is 2.36. The summed E-state index contributed by atoms with van der Waals surface area (Å²) in [5.74, 6) is 0.968. The molecule has 25 heavy (non-hydrogen) atoms. The Hall–Kier alpha value is -1.56. The van der Waals surface area contributed by atoms with Crippen LogP contribution >= 0.6 is 11.8 Å². The lowest BCUT2D eigenvalue weighted by Gasteiger charge is -2.32. The third kappa shape index (κ3) is 6.34. The summed E-state index contributed by atoms with van der Waals surface area (Å²) in [5.41, 5.74) is 0. The summed E-state index contributed by atoms with van der Waals surface area (Å²) in [6.45, 7) is 5.82. The molecule has 0 atom stereocenters. The van der Waals surface area contributed by atoms with Gasteiger partial charge < -0.3 is 10.2 Å². The molecule has 0 radical (unpaired) electrons. The molecule has 0 unspecified atom stereocenters. The highest BCUT2D eigenvalue weighted by atomic mass is 32.2. The Labute approximate surface area is 153 Å². The van der Waals surface area contributed by atoms with E-state index < -0.39 is 0 Å². The Morgan fingerprint density at radius 3 is 2.48 bits per heavy atom. The molecular formula is C19H27FN2O2S. The molecule has 0 saturated carbocycles. The number of amides is 2. The number of hydrogen-bond acceptors (Lipinski definition) is 3. The first-order valence-corrected chi connectivity index (χ1v) is 9.91. The summed E-state index contributed by atoms with van der Waals surface area (Å²) in [7, 11) is 0. The van der Waals surface area contributed by atoms with Gasteiger partial charge in [0.25, 0.3) is 0 Å². The van der Waals surface area contributed by atoms with Crippen LogP contribution in [0.15, 0.2) is 29.2 Å². The average Bonchev–Trinajstić information content (AvgIpc) is 2.62. The first kappa shape index (κ1) is 19.8. The first-order chi connectivity index (χ1) is 12.0. The van der Waals surface area contributed by atoms with Crippen molar-refractivity contribution in [1.29, 1.82) is 0 Å². The van der Waals surface area contributed by atoms with Crippen molar-refractivity contribution < 1.29 is 14.0 Å². The van der Waals surface area contributed by atoms with Crippen molar-refractivity contribution in [3.8, 4) is 0 Å². The van der Waals surface area contributed by atoms with E-state index in [4.69, 9.17) is 0 Å². The third-order valence-corrected chi connectivity index (χ3v) is 5.47. The van der Waals surface area contributed by atoms with E-state index in [2.05, 4.69) is 5.32 Å². The highest BCUT2D eigenvalue weighted by Gasteiger charge is 2.27. The Kier molecular flexibility index (Phi) is 7.75. The molecule has 1 heterocycles. The van der Waals surface area contributed by atoms with Gasteiger partial charge in [-0.2, -0.15) is 0 Å². The van der Waals surface area contributed by atoms with E-state index in [1.165, 1.54) is 12.1 Å². The zero-order chi connectivity index (χ0) is 18.2. The molecule has 6 heteroatoms. The van der Waals surface area contributed by atoms with Crippen molar-refractivity contribution in [1.82, 2.24) is 10.2 Å². The van der Waals surface area contributed by atoms with Crippen molar-refractivity contribution in [3.63, 3.8) is 0 Å². The minimum atomic E-state index is -0.224. The van der Waals surface area contributed by atoms with Crippen molar-refractivity contribution in [2.75, 3.05) is 25.4 Å². The van der Waals surface area contributed by atoms with Crippen LogP contribution in [0.25, 0.3) is 0 Å². The van der Waals surface area contributed by atoms with E-state index in [1.54, 1.807) is 23.9 Å². The van der Waals surface area contributed by atoms with Crippen molar-refractivity contribution in [2.45, 2.75) is 38.0 Å². The molecule has 0 aliphatic carbocycles. The largest absolute Gasteiger partial charge is 0.356 e. The Morgan fingerprint density at radius 2 is 1.88 bits per heavy atom. The second kappa shape index (κ2) is 9.80. The second-order valence-electron chi connectivity index (χ2n) is 6.70. The topological polar surface area (TPSA) is 49.4 Å². The number of carbonyl (C=O) groups excluding carboxylic acids is 2.